The van der Waals surface area contributed by atoms with E-state index < -0.39 is 0 Å². The highest BCUT2D eigenvalue weighted by Gasteiger charge is 2.10. The lowest BCUT2D eigenvalue weighted by molar-refractivity contribution is 1.09. The fraction of sp³-hybridized carbons (Fsp3) is 0.158. The molecule has 3 rings (SSSR count). The van der Waals surface area contributed by atoms with Crippen LogP contribution in [0.25, 0.3) is 0 Å². The first kappa shape index (κ1) is 21.8. The molecule has 0 saturated carbocycles. The third kappa shape index (κ3) is 6.88. The van der Waals surface area contributed by atoms with Gasteiger partial charge < -0.3 is 11.1 Å². The van der Waals surface area contributed by atoms with Crippen LogP contribution in [0, 0.1) is 12.3 Å². The number of aryl methyl sites for hydroxylation is 1. The van der Waals surface area contributed by atoms with E-state index in [1.54, 1.807) is 23.5 Å². The highest BCUT2D eigenvalue weighted by molar-refractivity contribution is 9.10. The monoisotopic (exact) mass is 480 g/mol. The second kappa shape index (κ2) is 11.4. The maximum atomic E-state index is 5.86. The summed E-state index contributed by atoms with van der Waals surface area (Å²) in [7, 11) is 0. The van der Waals surface area contributed by atoms with E-state index in [0.29, 0.717) is 0 Å². The minimum absolute atomic E-state index is 0.750. The van der Waals surface area contributed by atoms with Crippen LogP contribution in [0.4, 0.5) is 5.82 Å². The van der Waals surface area contributed by atoms with E-state index in [4.69, 9.17) is 5.41 Å². The lowest BCUT2D eigenvalue weighted by Gasteiger charge is -2.09. The van der Waals surface area contributed by atoms with Crippen LogP contribution in [0.2, 0.25) is 0 Å². The second-order valence-electron chi connectivity index (χ2n) is 5.32. The van der Waals surface area contributed by atoms with Gasteiger partial charge in [-0.1, -0.05) is 42.1 Å². The maximum absolute atomic E-state index is 5.86. The molecule has 0 fully saturated rings. The Kier molecular flexibility index (Phi) is 9.20. The van der Waals surface area contributed by atoms with Gasteiger partial charge in [0.2, 0.25) is 0 Å². The van der Waals surface area contributed by atoms with Crippen LogP contribution in [-0.2, 0) is 6.54 Å². The Morgan fingerprint density at radius 2 is 2.00 bits per heavy atom. The molecular formula is C19H21BrN4S3. The summed E-state index contributed by atoms with van der Waals surface area (Å²) >= 11 is 9.05. The van der Waals surface area contributed by atoms with E-state index in [-0.39, 0.29) is 0 Å². The highest BCUT2D eigenvalue weighted by atomic mass is 79.9. The number of rotatable bonds is 6. The number of pyridine rings is 1. The minimum Gasteiger partial charge on any atom is -0.390 e. The Balaban J connectivity index is 0.000000817. The summed E-state index contributed by atoms with van der Waals surface area (Å²) in [5, 5.41) is 9.24. The number of thiophene rings is 1. The number of nitrogens with two attached hydrogens (primary N) is 1. The first-order chi connectivity index (χ1) is 13.1. The van der Waals surface area contributed by atoms with Crippen molar-refractivity contribution in [2.24, 2.45) is 5.73 Å². The first-order valence-corrected chi connectivity index (χ1v) is 11.7. The molecule has 27 heavy (non-hydrogen) atoms. The Labute approximate surface area is 181 Å². The largest absolute Gasteiger partial charge is 0.390 e. The number of hydrogen-bond acceptors (Lipinski definition) is 6. The van der Waals surface area contributed by atoms with Crippen LogP contribution in [0.5, 0.6) is 0 Å². The van der Waals surface area contributed by atoms with Gasteiger partial charge in [-0.2, -0.15) is 0 Å². The Hall–Kier alpha value is -1.48. The Morgan fingerprint density at radius 3 is 2.63 bits per heavy atom. The van der Waals surface area contributed by atoms with Gasteiger partial charge in [0.25, 0.3) is 0 Å². The molecule has 2 aromatic heterocycles. The summed E-state index contributed by atoms with van der Waals surface area (Å²) < 4.78 is 2.35. The fourth-order valence-corrected chi connectivity index (χ4v) is 6.01. The van der Waals surface area contributed by atoms with Gasteiger partial charge in [-0.25, -0.2) is 4.98 Å². The third-order valence-electron chi connectivity index (χ3n) is 3.32. The fourth-order valence-electron chi connectivity index (χ4n) is 2.20. The van der Waals surface area contributed by atoms with E-state index in [1.807, 2.05) is 35.7 Å². The van der Waals surface area contributed by atoms with Gasteiger partial charge in [0.05, 0.1) is 15.0 Å². The van der Waals surface area contributed by atoms with Crippen molar-refractivity contribution < 1.29 is 0 Å². The predicted molar refractivity (Wildman–Crippen MR) is 124 cm³/mol. The van der Waals surface area contributed by atoms with Crippen LogP contribution < -0.4 is 11.1 Å². The summed E-state index contributed by atoms with van der Waals surface area (Å²) in [5.74, 6) is 0.870. The van der Waals surface area contributed by atoms with Crippen LogP contribution in [0.15, 0.2) is 67.1 Å². The van der Waals surface area contributed by atoms with Crippen molar-refractivity contribution in [2.75, 3.05) is 11.6 Å². The van der Waals surface area contributed by atoms with Gasteiger partial charge in [-0.15, -0.1) is 23.1 Å². The summed E-state index contributed by atoms with van der Waals surface area (Å²) in [5.41, 5.74) is 5.63. The second-order valence-corrected chi connectivity index (χ2v) is 9.62. The van der Waals surface area contributed by atoms with Crippen molar-refractivity contribution in [1.82, 2.24) is 4.98 Å². The van der Waals surface area contributed by atoms with Crippen LogP contribution in [-0.4, -0.2) is 17.6 Å². The van der Waals surface area contributed by atoms with E-state index in [9.17, 15) is 0 Å². The molecule has 0 radical (unpaired) electrons. The molecule has 4 nitrogen and oxygen atoms in total. The van der Waals surface area contributed by atoms with Crippen molar-refractivity contribution in [3.8, 4) is 0 Å². The third-order valence-corrected chi connectivity index (χ3v) is 7.37. The molecule has 0 spiro atoms. The van der Waals surface area contributed by atoms with E-state index >= 15 is 0 Å². The zero-order valence-corrected chi connectivity index (χ0v) is 19.1. The van der Waals surface area contributed by atoms with Crippen LogP contribution in [0.1, 0.15) is 10.4 Å². The lowest BCUT2D eigenvalue weighted by atomic mass is 10.2. The molecule has 8 heteroatoms. The van der Waals surface area contributed by atoms with Gasteiger partial charge in [0.1, 0.15) is 5.82 Å². The molecule has 4 N–H and O–H groups in total. The number of hydrogen-bond donors (Lipinski definition) is 3. The summed E-state index contributed by atoms with van der Waals surface area (Å²) in [6, 6.07) is 14.7. The molecule has 2 heterocycles. The number of aromatic nitrogens is 1. The molecule has 0 aliphatic heterocycles. The van der Waals surface area contributed by atoms with Gasteiger partial charge in [-0.3, -0.25) is 5.41 Å². The van der Waals surface area contributed by atoms with Crippen molar-refractivity contribution in [2.45, 2.75) is 27.5 Å². The highest BCUT2D eigenvalue weighted by Crippen LogP contribution is 2.41. The number of anilines is 1. The quantitative estimate of drug-likeness (QED) is 0.220. The van der Waals surface area contributed by atoms with Crippen molar-refractivity contribution >= 4 is 62.9 Å². The normalized spacial score (nSPS) is 10.0. The minimum atomic E-state index is 0.750. The van der Waals surface area contributed by atoms with Crippen LogP contribution in [0.3, 0.4) is 0 Å². The molecular weight excluding hydrogens is 460 g/mol. The molecule has 3 aromatic rings. The molecule has 0 bridgehead atoms. The Bertz CT molecular complexity index is 869. The Morgan fingerprint density at radius 1 is 1.30 bits per heavy atom. The molecule has 0 aliphatic rings. The summed E-state index contributed by atoms with van der Waals surface area (Å²) in [6.45, 7) is 2.92. The topological polar surface area (TPSA) is 74.8 Å². The smallest absolute Gasteiger partial charge is 0.140 e. The van der Waals surface area contributed by atoms with Crippen molar-refractivity contribution in [1.29, 1.82) is 5.41 Å². The van der Waals surface area contributed by atoms with E-state index in [0.717, 1.165) is 28.1 Å². The molecule has 0 saturated heterocycles. The summed E-state index contributed by atoms with van der Waals surface area (Å²) in [4.78, 5) is 8.36. The molecule has 0 amide bonds. The van der Waals surface area contributed by atoms with Crippen molar-refractivity contribution in [3.05, 3.63) is 63.6 Å². The number of nitrogens with one attached hydrogen (secondary N) is 2. The molecule has 0 aliphatic carbocycles. The van der Waals surface area contributed by atoms with E-state index in [1.165, 1.54) is 19.5 Å². The average Bonchev–Trinajstić information content (AvgIpc) is 3.02. The number of benzene rings is 1. The predicted octanol–water partition coefficient (Wildman–Crippen LogP) is 6.25. The van der Waals surface area contributed by atoms with Gasteiger partial charge in [0.15, 0.2) is 0 Å². The zero-order chi connectivity index (χ0) is 19.6. The number of nitrogens with zero attached hydrogens (tertiary/aromatic N) is 1. The molecule has 0 unspecified atom stereocenters. The maximum Gasteiger partial charge on any atom is 0.140 e. The summed E-state index contributed by atoms with van der Waals surface area (Å²) in [6.07, 6.45) is 4.81. The molecule has 142 valence electrons. The molecule has 0 atom stereocenters. The van der Waals surface area contributed by atoms with Gasteiger partial charge in [-0.05, 0) is 46.8 Å². The average molecular weight is 482 g/mol. The van der Waals surface area contributed by atoms with Crippen LogP contribution >= 0.6 is 50.8 Å². The number of thioether (sulfide) groups is 1. The van der Waals surface area contributed by atoms with Gasteiger partial charge >= 0.3 is 0 Å². The standard InChI is InChI=1S/C18H17BrN2S3.CH4N2/c1-12-8-16(18(22-2)23-12)24-14-9-15(19)17(21-11-14)20-10-13-6-4-3-5-7-13;2-1-3/h3-9,11H,10H2,1-2H3,(H,20,21);1H,(H3,2,3). The van der Waals surface area contributed by atoms with Crippen molar-refractivity contribution in [3.63, 3.8) is 0 Å². The first-order valence-electron chi connectivity index (χ1n) is 8.03. The SMILES string of the molecule is CSc1sc(C)cc1Sc1cnc(NCc2ccccc2)c(Br)c1.N=CN. The van der Waals surface area contributed by atoms with Gasteiger partial charge in [0, 0.05) is 27.4 Å². The van der Waals surface area contributed by atoms with E-state index in [2.05, 4.69) is 69.4 Å². The zero-order valence-electron chi connectivity index (χ0n) is 15.0. The number of halogens is 1. The lowest BCUT2D eigenvalue weighted by Crippen LogP contribution is -2.01. The molecule has 1 aromatic carbocycles.